The van der Waals surface area contributed by atoms with E-state index in [2.05, 4.69) is 17.1 Å². The van der Waals surface area contributed by atoms with Crippen LogP contribution >= 0.6 is 0 Å². The number of fused-ring (bicyclic) bond motifs is 1. The molecule has 0 unspecified atom stereocenters. The molecule has 56 valence electrons. The molecule has 0 spiro atoms. The predicted octanol–water partition coefficient (Wildman–Crippen LogP) is 1.91. The molecule has 1 heterocycles. The van der Waals surface area contributed by atoms with Crippen molar-refractivity contribution in [3.8, 4) is 5.75 Å². The molecule has 2 aromatic rings. The first-order valence-electron chi connectivity index (χ1n) is 3.42. The Morgan fingerprint density at radius 1 is 1.27 bits per heavy atom. The van der Waals surface area contributed by atoms with E-state index in [4.69, 9.17) is 4.74 Å². The average Bonchev–Trinajstić information content (AvgIpc) is 2.50. The number of benzene rings is 1. The van der Waals surface area contributed by atoms with Gasteiger partial charge in [-0.05, 0) is 0 Å². The molecule has 1 nitrogen and oxygen atoms in total. The summed E-state index contributed by atoms with van der Waals surface area (Å²) in [5.74, 6) is 0.998. The van der Waals surface area contributed by atoms with E-state index in [0.717, 1.165) is 5.75 Å². The first-order valence-corrected chi connectivity index (χ1v) is 5.26. The van der Waals surface area contributed by atoms with E-state index < -0.39 is 0 Å². The molecule has 0 atom stereocenters. The molecule has 0 saturated carbocycles. The predicted molar refractivity (Wildman–Crippen MR) is 47.4 cm³/mol. The Hall–Kier alpha value is -0.721. The summed E-state index contributed by atoms with van der Waals surface area (Å²) in [5.41, 5.74) is 0. The number of methoxy groups -OCH3 is 1. The summed E-state index contributed by atoms with van der Waals surface area (Å²) in [6.07, 6.45) is 0. The Morgan fingerprint density at radius 3 is 3.00 bits per heavy atom. The maximum absolute atomic E-state index is 5.22. The topological polar surface area (TPSA) is 9.23 Å². The van der Waals surface area contributed by atoms with Crippen LogP contribution in [0.2, 0.25) is 0 Å². The van der Waals surface area contributed by atoms with Gasteiger partial charge in [0.05, 0.1) is 0 Å². The molecule has 0 aliphatic carbocycles. The van der Waals surface area contributed by atoms with E-state index in [9.17, 15) is 0 Å². The molecule has 0 bridgehead atoms. The molecule has 0 fully saturated rings. The molecule has 1 aromatic carbocycles. The molecule has 0 aliphatic rings. The van der Waals surface area contributed by atoms with Crippen molar-refractivity contribution in [2.24, 2.45) is 0 Å². The summed E-state index contributed by atoms with van der Waals surface area (Å²) in [6, 6.07) is 8.36. The zero-order chi connectivity index (χ0) is 7.68. The van der Waals surface area contributed by atoms with Crippen LogP contribution in [0.4, 0.5) is 0 Å². The van der Waals surface area contributed by atoms with Crippen molar-refractivity contribution in [1.29, 1.82) is 0 Å². The summed E-state index contributed by atoms with van der Waals surface area (Å²) in [7, 11) is 1.72. The number of rotatable bonds is 1. The molecule has 0 amide bonds. The van der Waals surface area contributed by atoms with Crippen molar-refractivity contribution in [2.75, 3.05) is 7.11 Å². The molecule has 0 aliphatic heterocycles. The second-order valence-corrected chi connectivity index (χ2v) is 4.28. The van der Waals surface area contributed by atoms with Crippen molar-refractivity contribution in [1.82, 2.24) is 0 Å². The van der Waals surface area contributed by atoms with Crippen LogP contribution in [0.25, 0.3) is 9.65 Å². The van der Waals surface area contributed by atoms with Gasteiger partial charge in [-0.3, -0.25) is 0 Å². The van der Waals surface area contributed by atoms with Crippen molar-refractivity contribution < 1.29 is 4.74 Å². The van der Waals surface area contributed by atoms with Crippen LogP contribution in [0, 0.1) is 0 Å². The van der Waals surface area contributed by atoms with Gasteiger partial charge in [-0.1, -0.05) is 0 Å². The zero-order valence-electron chi connectivity index (χ0n) is 6.20. The Kier molecular flexibility index (Phi) is 1.72. The van der Waals surface area contributed by atoms with Crippen LogP contribution in [-0.2, 0) is 0 Å². The Labute approximate surface area is 71.3 Å². The normalized spacial score (nSPS) is 10.3. The van der Waals surface area contributed by atoms with E-state index in [0.29, 0.717) is 14.5 Å². The molecule has 1 aromatic heterocycles. The summed E-state index contributed by atoms with van der Waals surface area (Å²) in [4.78, 5) is 2.22. The van der Waals surface area contributed by atoms with Crippen LogP contribution in [-0.4, -0.2) is 21.6 Å². The molecule has 0 radical (unpaired) electrons. The van der Waals surface area contributed by atoms with Gasteiger partial charge in [-0.25, -0.2) is 0 Å². The number of hydrogen-bond acceptors (Lipinski definition) is 1. The third kappa shape index (κ3) is 1.09. The molecular weight excluding hydrogens is 203 g/mol. The van der Waals surface area contributed by atoms with Crippen LogP contribution in [0.15, 0.2) is 29.2 Å². The second-order valence-electron chi connectivity index (χ2n) is 2.29. The van der Waals surface area contributed by atoms with Crippen LogP contribution < -0.4 is 4.74 Å². The second kappa shape index (κ2) is 2.72. The summed E-state index contributed by atoms with van der Waals surface area (Å²) < 4.78 is 6.64. The van der Waals surface area contributed by atoms with Gasteiger partial charge >= 0.3 is 71.0 Å². The van der Waals surface area contributed by atoms with Crippen LogP contribution in [0.1, 0.15) is 0 Å². The maximum atomic E-state index is 5.22. The zero-order valence-corrected chi connectivity index (χ0v) is 7.92. The minimum absolute atomic E-state index is 0.532. The van der Waals surface area contributed by atoms with E-state index in [1.54, 1.807) is 7.11 Å². The van der Waals surface area contributed by atoms with Gasteiger partial charge in [0.1, 0.15) is 0 Å². The van der Waals surface area contributed by atoms with E-state index in [-0.39, 0.29) is 0 Å². The fourth-order valence-corrected chi connectivity index (χ4v) is 2.83. The standard InChI is InChI=1S/C9H8OSe/c1-10-8-3-2-4-9-7(8)5-6-11-9/h2-6H,1H3. The molecule has 11 heavy (non-hydrogen) atoms. The van der Waals surface area contributed by atoms with Gasteiger partial charge in [0.15, 0.2) is 0 Å². The molecule has 0 saturated heterocycles. The Balaban J connectivity index is 2.79. The van der Waals surface area contributed by atoms with Gasteiger partial charge in [-0.2, -0.15) is 0 Å². The Morgan fingerprint density at radius 2 is 2.18 bits per heavy atom. The molecule has 0 N–H and O–H groups in total. The van der Waals surface area contributed by atoms with Gasteiger partial charge < -0.3 is 0 Å². The van der Waals surface area contributed by atoms with Gasteiger partial charge in [0, 0.05) is 0 Å². The molecule has 2 rings (SSSR count). The van der Waals surface area contributed by atoms with Crippen molar-refractivity contribution in [3.05, 3.63) is 29.2 Å². The first kappa shape index (κ1) is 6.96. The first-order chi connectivity index (χ1) is 5.42. The van der Waals surface area contributed by atoms with Crippen molar-refractivity contribution in [3.63, 3.8) is 0 Å². The average molecular weight is 211 g/mol. The van der Waals surface area contributed by atoms with Gasteiger partial charge in [-0.15, -0.1) is 0 Å². The van der Waals surface area contributed by atoms with Crippen LogP contribution in [0.5, 0.6) is 5.75 Å². The summed E-state index contributed by atoms with van der Waals surface area (Å²) in [5, 5.41) is 1.27. The number of hydrogen-bond donors (Lipinski definition) is 0. The van der Waals surface area contributed by atoms with Crippen LogP contribution in [0.3, 0.4) is 0 Å². The third-order valence-corrected chi connectivity index (χ3v) is 3.53. The van der Waals surface area contributed by atoms with Crippen molar-refractivity contribution >= 4 is 24.1 Å². The number of ether oxygens (including phenoxy) is 1. The van der Waals surface area contributed by atoms with Gasteiger partial charge in [0.25, 0.3) is 0 Å². The third-order valence-electron chi connectivity index (χ3n) is 1.68. The SMILES string of the molecule is COc1cccc2[se]ccc12. The quantitative estimate of drug-likeness (QED) is 0.654. The monoisotopic (exact) mass is 212 g/mol. The summed E-state index contributed by atoms with van der Waals surface area (Å²) in [6.45, 7) is 0. The van der Waals surface area contributed by atoms with E-state index in [1.165, 1.54) is 9.65 Å². The van der Waals surface area contributed by atoms with Gasteiger partial charge in [0.2, 0.25) is 0 Å². The van der Waals surface area contributed by atoms with E-state index in [1.807, 2.05) is 12.1 Å². The summed E-state index contributed by atoms with van der Waals surface area (Å²) >= 11 is 0.532. The van der Waals surface area contributed by atoms with E-state index >= 15 is 0 Å². The molecular formula is C9H8OSe. The van der Waals surface area contributed by atoms with Crippen molar-refractivity contribution in [2.45, 2.75) is 0 Å². The minimum atomic E-state index is 0.532. The Bertz CT molecular complexity index is 364. The fraction of sp³-hybridized carbons (Fsp3) is 0.111. The fourth-order valence-electron chi connectivity index (χ4n) is 1.14. The molecule has 2 heteroatoms.